The molecule has 0 radical (unpaired) electrons. The van der Waals surface area contributed by atoms with Crippen LogP contribution in [0.1, 0.15) is 19.8 Å². The lowest BCUT2D eigenvalue weighted by atomic mass is 10.5. The van der Waals surface area contributed by atoms with E-state index in [9.17, 15) is 4.79 Å². The first-order chi connectivity index (χ1) is 8.16. The molecule has 1 amide bonds. The van der Waals surface area contributed by atoms with E-state index in [1.165, 1.54) is 24.6 Å². The Morgan fingerprint density at radius 1 is 1.71 bits per heavy atom. The fourth-order valence-electron chi connectivity index (χ4n) is 1.30. The Bertz CT molecular complexity index is 391. The highest BCUT2D eigenvalue weighted by Crippen LogP contribution is 2.20. The Kier molecular flexibility index (Phi) is 3.95. The highest BCUT2D eigenvalue weighted by atomic mass is 32.2. The molecule has 7 nitrogen and oxygen atoms in total. The number of carbonyl (C=O) groups excluding carboxylic acids is 1. The molecule has 1 aliphatic rings. The van der Waals surface area contributed by atoms with Crippen molar-refractivity contribution in [3.05, 3.63) is 0 Å². The van der Waals surface area contributed by atoms with Gasteiger partial charge in [-0.1, -0.05) is 11.8 Å². The van der Waals surface area contributed by atoms with Crippen LogP contribution in [0.4, 0.5) is 0 Å². The first kappa shape index (κ1) is 12.3. The summed E-state index contributed by atoms with van der Waals surface area (Å²) in [6.45, 7) is 3.29. The first-order valence-electron chi connectivity index (χ1n) is 5.62. The maximum atomic E-state index is 11.0. The third-order valence-corrected chi connectivity index (χ3v) is 3.60. The lowest BCUT2D eigenvalue weighted by molar-refractivity contribution is -0.117. The van der Waals surface area contributed by atoms with Gasteiger partial charge in [0.15, 0.2) is 0 Å². The van der Waals surface area contributed by atoms with E-state index >= 15 is 0 Å². The second-order valence-electron chi connectivity index (χ2n) is 4.08. The normalized spacial score (nSPS) is 17.0. The number of nitrogens with one attached hydrogen (secondary N) is 1. The van der Waals surface area contributed by atoms with Gasteiger partial charge in [0.25, 0.3) is 0 Å². The Morgan fingerprint density at radius 3 is 3.12 bits per heavy atom. The van der Waals surface area contributed by atoms with Crippen molar-refractivity contribution in [2.24, 2.45) is 5.73 Å². The van der Waals surface area contributed by atoms with Crippen LogP contribution in [0.25, 0.3) is 0 Å². The molecule has 1 aromatic rings. The molecule has 0 aliphatic heterocycles. The first-order valence-corrected chi connectivity index (χ1v) is 6.50. The highest BCUT2D eigenvalue weighted by molar-refractivity contribution is 8.00. The van der Waals surface area contributed by atoms with Crippen molar-refractivity contribution >= 4 is 17.7 Å². The molecule has 8 heteroatoms. The van der Waals surface area contributed by atoms with Gasteiger partial charge in [-0.15, -0.1) is 5.10 Å². The maximum Gasteiger partial charge on any atom is 0.230 e. The van der Waals surface area contributed by atoms with Crippen LogP contribution in [0.5, 0.6) is 0 Å². The van der Waals surface area contributed by atoms with Crippen molar-refractivity contribution in [1.82, 2.24) is 25.5 Å². The van der Waals surface area contributed by atoms with E-state index in [1.54, 1.807) is 11.6 Å². The maximum absolute atomic E-state index is 11.0. The van der Waals surface area contributed by atoms with Crippen LogP contribution in [0.3, 0.4) is 0 Å². The quantitative estimate of drug-likeness (QED) is 0.632. The van der Waals surface area contributed by atoms with Gasteiger partial charge in [-0.05, 0) is 30.2 Å². The number of tetrazole rings is 1. The fraction of sp³-hybridized carbons (Fsp3) is 0.778. The van der Waals surface area contributed by atoms with Gasteiger partial charge in [0.05, 0.1) is 11.8 Å². The molecule has 94 valence electrons. The topological polar surface area (TPSA) is 98.7 Å². The Balaban J connectivity index is 1.84. The van der Waals surface area contributed by atoms with Gasteiger partial charge >= 0.3 is 0 Å². The minimum atomic E-state index is -0.361. The zero-order chi connectivity index (χ0) is 12.3. The van der Waals surface area contributed by atoms with Crippen LogP contribution in [0.15, 0.2) is 5.16 Å². The third-order valence-electron chi connectivity index (χ3n) is 2.52. The summed E-state index contributed by atoms with van der Waals surface area (Å²) in [4.78, 5) is 11.0. The summed E-state index contributed by atoms with van der Waals surface area (Å²) in [5.41, 5.74) is 5.20. The number of aromatic nitrogens is 4. The summed E-state index contributed by atoms with van der Waals surface area (Å²) < 4.78 is 1.69. The molecule has 0 aromatic carbocycles. The molecule has 1 aromatic heterocycles. The van der Waals surface area contributed by atoms with E-state index in [2.05, 4.69) is 20.8 Å². The van der Waals surface area contributed by atoms with Crippen molar-refractivity contribution in [2.75, 3.05) is 6.54 Å². The Hall–Kier alpha value is -1.15. The summed E-state index contributed by atoms with van der Waals surface area (Å²) in [5, 5.41) is 15.1. The summed E-state index contributed by atoms with van der Waals surface area (Å²) in [5.74, 6) is -0.361. The lowest BCUT2D eigenvalue weighted by Gasteiger charge is -2.07. The molecule has 0 spiro atoms. The third kappa shape index (κ3) is 3.67. The zero-order valence-electron chi connectivity index (χ0n) is 9.67. The smallest absolute Gasteiger partial charge is 0.230 e. The van der Waals surface area contributed by atoms with Crippen LogP contribution in [-0.2, 0) is 11.3 Å². The second-order valence-corrected chi connectivity index (χ2v) is 5.38. The van der Waals surface area contributed by atoms with Crippen LogP contribution in [0, 0.1) is 0 Å². The van der Waals surface area contributed by atoms with Crippen molar-refractivity contribution in [1.29, 1.82) is 0 Å². The van der Waals surface area contributed by atoms with Gasteiger partial charge in [-0.25, -0.2) is 4.68 Å². The fourth-order valence-corrected chi connectivity index (χ4v) is 2.06. The van der Waals surface area contributed by atoms with Gasteiger partial charge in [0, 0.05) is 12.6 Å². The summed E-state index contributed by atoms with van der Waals surface area (Å²) in [7, 11) is 0. The van der Waals surface area contributed by atoms with E-state index in [-0.39, 0.29) is 11.2 Å². The minimum absolute atomic E-state index is 0.323. The van der Waals surface area contributed by atoms with Gasteiger partial charge < -0.3 is 11.1 Å². The zero-order valence-corrected chi connectivity index (χ0v) is 10.5. The van der Waals surface area contributed by atoms with Crippen molar-refractivity contribution < 1.29 is 4.79 Å². The number of nitrogens with zero attached hydrogens (tertiary/aromatic N) is 4. The Labute approximate surface area is 104 Å². The van der Waals surface area contributed by atoms with Crippen molar-refractivity contribution in [3.63, 3.8) is 0 Å². The van der Waals surface area contributed by atoms with Gasteiger partial charge in [0.2, 0.25) is 11.1 Å². The van der Waals surface area contributed by atoms with E-state index in [0.717, 1.165) is 6.54 Å². The van der Waals surface area contributed by atoms with Gasteiger partial charge in [-0.2, -0.15) is 0 Å². The van der Waals surface area contributed by atoms with E-state index in [0.29, 0.717) is 17.7 Å². The number of hydrogen-bond acceptors (Lipinski definition) is 6. The molecular formula is C9H16N6OS. The number of primary amides is 1. The largest absolute Gasteiger partial charge is 0.369 e. The molecule has 1 heterocycles. The van der Waals surface area contributed by atoms with E-state index in [4.69, 9.17) is 5.73 Å². The summed E-state index contributed by atoms with van der Waals surface area (Å²) in [6, 6.07) is 0.673. The number of nitrogens with two attached hydrogens (primary N) is 1. The van der Waals surface area contributed by atoms with Crippen LogP contribution >= 0.6 is 11.8 Å². The number of rotatable bonds is 7. The molecule has 0 saturated heterocycles. The molecule has 1 saturated carbocycles. The standard InChI is InChI=1S/C9H16N6OS/c1-6(8(10)16)17-9-12-13-14-15(9)5-4-11-7-2-3-7/h6-7,11H,2-5H2,1H3,(H2,10,16). The average molecular weight is 256 g/mol. The molecular weight excluding hydrogens is 240 g/mol. The Morgan fingerprint density at radius 2 is 2.47 bits per heavy atom. The predicted octanol–water partition coefficient (Wildman–Crippen LogP) is -0.609. The lowest BCUT2D eigenvalue weighted by Crippen LogP contribution is -2.25. The number of thioether (sulfide) groups is 1. The van der Waals surface area contributed by atoms with Crippen molar-refractivity contribution in [3.8, 4) is 0 Å². The van der Waals surface area contributed by atoms with Crippen molar-refractivity contribution in [2.45, 2.75) is 42.8 Å². The molecule has 1 aliphatic carbocycles. The number of carbonyl (C=O) groups is 1. The van der Waals surface area contributed by atoms with Crippen LogP contribution in [0.2, 0.25) is 0 Å². The monoisotopic (exact) mass is 256 g/mol. The highest BCUT2D eigenvalue weighted by Gasteiger charge is 2.20. The molecule has 1 unspecified atom stereocenters. The minimum Gasteiger partial charge on any atom is -0.369 e. The second kappa shape index (κ2) is 5.46. The summed E-state index contributed by atoms with van der Waals surface area (Å²) in [6.07, 6.45) is 2.52. The van der Waals surface area contributed by atoms with Gasteiger partial charge in [-0.3, -0.25) is 4.79 Å². The number of hydrogen-bond donors (Lipinski definition) is 2. The molecule has 17 heavy (non-hydrogen) atoms. The average Bonchev–Trinajstić information content (AvgIpc) is 3.00. The SMILES string of the molecule is CC(Sc1nnnn1CCNC1CC1)C(N)=O. The molecule has 1 atom stereocenters. The van der Waals surface area contributed by atoms with E-state index < -0.39 is 0 Å². The predicted molar refractivity (Wildman–Crippen MR) is 63.4 cm³/mol. The van der Waals surface area contributed by atoms with E-state index in [1.807, 2.05) is 0 Å². The molecule has 2 rings (SSSR count). The van der Waals surface area contributed by atoms with Crippen LogP contribution in [-0.4, -0.2) is 44.0 Å². The molecule has 3 N–H and O–H groups in total. The molecule has 0 bridgehead atoms. The van der Waals surface area contributed by atoms with Crippen LogP contribution < -0.4 is 11.1 Å². The molecule has 1 fully saturated rings. The summed E-state index contributed by atoms with van der Waals surface area (Å²) >= 11 is 1.28. The number of amides is 1. The van der Waals surface area contributed by atoms with Gasteiger partial charge in [0.1, 0.15) is 0 Å².